The van der Waals surface area contributed by atoms with E-state index in [-0.39, 0.29) is 44.6 Å². The standard InChI is InChI=1S/C61H74BN3S/c1-55(2,3)38-20-18-37(19-21-38)53-63-52-54(66-53)65(41-24-22-39(23-25-41)56(4,5)6)50-33-40(57(7,8)9)32-49-51(50)62(52)47-35-45-46(61(16,17)31-30-60(45,14)15)36-48(47)64(49)42-26-27-43-44(34-42)59(12,13)29-28-58(43,10)11/h18-27,32-36H,28-31H2,1-17H3. The molecule has 10 rings (SSSR count). The van der Waals surface area contributed by atoms with Crippen molar-refractivity contribution >= 4 is 68.0 Å². The van der Waals surface area contributed by atoms with Crippen molar-refractivity contribution in [3.05, 3.63) is 130 Å². The zero-order chi connectivity index (χ0) is 47.5. The Morgan fingerprint density at radius 3 is 1.45 bits per heavy atom. The van der Waals surface area contributed by atoms with Gasteiger partial charge in [0.15, 0.2) is 0 Å². The van der Waals surface area contributed by atoms with E-state index in [0.717, 1.165) is 10.6 Å². The number of hydrogen-bond acceptors (Lipinski definition) is 4. The number of anilines is 6. The number of nitrogens with zero attached hydrogens (tertiary/aromatic N) is 3. The molecule has 3 nitrogen and oxygen atoms in total. The lowest BCUT2D eigenvalue weighted by atomic mass is 9.35. The fourth-order valence-corrected chi connectivity index (χ4v) is 12.9. The van der Waals surface area contributed by atoms with Crippen LogP contribution in [-0.4, -0.2) is 11.7 Å². The van der Waals surface area contributed by atoms with E-state index in [1.165, 1.54) is 115 Å². The summed E-state index contributed by atoms with van der Waals surface area (Å²) in [6.07, 6.45) is 4.71. The first-order valence-electron chi connectivity index (χ1n) is 24.9. The van der Waals surface area contributed by atoms with Gasteiger partial charge in [0.1, 0.15) is 10.0 Å². The largest absolute Gasteiger partial charge is 0.311 e. The van der Waals surface area contributed by atoms with Crippen molar-refractivity contribution in [3.8, 4) is 10.6 Å². The van der Waals surface area contributed by atoms with E-state index in [9.17, 15) is 0 Å². The molecule has 66 heavy (non-hydrogen) atoms. The summed E-state index contributed by atoms with van der Waals surface area (Å²) in [6, 6.07) is 36.6. The third-order valence-corrected chi connectivity index (χ3v) is 17.6. The number of hydrogen-bond donors (Lipinski definition) is 0. The summed E-state index contributed by atoms with van der Waals surface area (Å²) in [7, 11) is 0. The maximum atomic E-state index is 5.87. The molecule has 0 N–H and O–H groups in total. The number of rotatable bonds is 3. The van der Waals surface area contributed by atoms with Crippen molar-refractivity contribution in [1.29, 1.82) is 0 Å². The first-order chi connectivity index (χ1) is 30.6. The Kier molecular flexibility index (Phi) is 9.90. The second kappa shape index (κ2) is 14.5. The topological polar surface area (TPSA) is 19.4 Å². The smallest absolute Gasteiger partial charge is 0.276 e. The Balaban J connectivity index is 1.32. The van der Waals surface area contributed by atoms with Crippen LogP contribution in [0.1, 0.15) is 182 Å². The molecule has 1 aromatic heterocycles. The normalized spacial score (nSPS) is 18.8. The highest BCUT2D eigenvalue weighted by molar-refractivity contribution is 7.22. The van der Waals surface area contributed by atoms with Gasteiger partial charge < -0.3 is 9.80 Å². The van der Waals surface area contributed by atoms with Gasteiger partial charge in [-0.1, -0.05) is 178 Å². The number of thiazole rings is 1. The van der Waals surface area contributed by atoms with Gasteiger partial charge in [0.2, 0.25) is 0 Å². The predicted octanol–water partition coefficient (Wildman–Crippen LogP) is 15.5. The Hall–Kier alpha value is -4.61. The van der Waals surface area contributed by atoms with Crippen LogP contribution in [0, 0.1) is 0 Å². The fraction of sp³-hybridized carbons (Fsp3) is 0.459. The molecular weight excluding hydrogens is 818 g/mol. The molecule has 5 heteroatoms. The molecule has 342 valence electrons. The zero-order valence-corrected chi connectivity index (χ0v) is 44.1. The van der Waals surface area contributed by atoms with Crippen molar-refractivity contribution in [3.63, 3.8) is 0 Å². The lowest BCUT2D eigenvalue weighted by molar-refractivity contribution is 0.332. The zero-order valence-electron chi connectivity index (χ0n) is 43.3. The van der Waals surface area contributed by atoms with Crippen molar-refractivity contribution in [2.45, 2.75) is 181 Å². The second-order valence-corrected chi connectivity index (χ2v) is 27.3. The maximum Gasteiger partial charge on any atom is 0.276 e. The van der Waals surface area contributed by atoms with E-state index in [1.807, 2.05) is 11.3 Å². The highest BCUT2D eigenvalue weighted by Gasteiger charge is 2.49. The molecule has 0 radical (unpaired) electrons. The van der Waals surface area contributed by atoms with Gasteiger partial charge in [-0.2, -0.15) is 0 Å². The molecule has 0 unspecified atom stereocenters. The van der Waals surface area contributed by atoms with Gasteiger partial charge in [0.05, 0.1) is 5.59 Å². The molecule has 0 saturated carbocycles. The Morgan fingerprint density at radius 1 is 0.470 bits per heavy atom. The summed E-state index contributed by atoms with van der Waals surface area (Å²) in [5.41, 5.74) is 21.7. The monoisotopic (exact) mass is 892 g/mol. The van der Waals surface area contributed by atoms with Gasteiger partial charge in [-0.05, 0) is 156 Å². The van der Waals surface area contributed by atoms with Crippen LogP contribution in [0.15, 0.2) is 91.0 Å². The predicted molar refractivity (Wildman–Crippen MR) is 288 cm³/mol. The van der Waals surface area contributed by atoms with Crippen molar-refractivity contribution in [1.82, 2.24) is 4.98 Å². The van der Waals surface area contributed by atoms with Crippen molar-refractivity contribution in [2.75, 3.05) is 9.80 Å². The molecule has 0 bridgehead atoms. The summed E-state index contributed by atoms with van der Waals surface area (Å²) in [5.74, 6) is 0. The first-order valence-corrected chi connectivity index (χ1v) is 25.7. The van der Waals surface area contributed by atoms with Crippen LogP contribution < -0.4 is 26.3 Å². The summed E-state index contributed by atoms with van der Waals surface area (Å²) in [5, 5.41) is 2.29. The van der Waals surface area contributed by atoms with E-state index in [4.69, 9.17) is 4.98 Å². The molecule has 2 aliphatic heterocycles. The molecule has 2 aliphatic carbocycles. The first kappa shape index (κ1) is 45.2. The SMILES string of the molecule is CC(C)(C)c1ccc(-c2nc3c(s2)N(c2ccc(C(C)(C)C)cc2)c2cc(C(C)(C)C)cc4c2B3c2cc3c(cc2N4c2ccc4c(c2)C(C)(C)CCC4(C)C)C(C)(C)CCC3(C)C)cc1. The summed E-state index contributed by atoms with van der Waals surface area (Å²) < 4.78 is 0. The van der Waals surface area contributed by atoms with E-state index in [2.05, 4.69) is 218 Å². The fourth-order valence-electron chi connectivity index (χ4n) is 11.7. The van der Waals surface area contributed by atoms with Gasteiger partial charge in [-0.25, -0.2) is 4.98 Å². The third kappa shape index (κ3) is 7.14. The molecule has 0 fully saturated rings. The second-order valence-electron chi connectivity index (χ2n) is 26.3. The molecular formula is C61H74BN3S. The number of benzene rings is 5. The lowest BCUT2D eigenvalue weighted by Gasteiger charge is -2.47. The molecule has 6 aromatic rings. The molecule has 0 amide bonds. The van der Waals surface area contributed by atoms with Gasteiger partial charge in [-0.15, -0.1) is 0 Å². The minimum Gasteiger partial charge on any atom is -0.311 e. The van der Waals surface area contributed by atoms with Crippen LogP contribution in [0.5, 0.6) is 0 Å². The summed E-state index contributed by atoms with van der Waals surface area (Å²) in [4.78, 5) is 11.1. The summed E-state index contributed by atoms with van der Waals surface area (Å²) in [6.45, 7) is 40.7. The maximum absolute atomic E-state index is 5.87. The lowest BCUT2D eigenvalue weighted by Crippen LogP contribution is -2.62. The van der Waals surface area contributed by atoms with Gasteiger partial charge >= 0.3 is 0 Å². The quantitative estimate of drug-likeness (QED) is 0.165. The number of aromatic nitrogens is 1. The average molecular weight is 892 g/mol. The van der Waals surface area contributed by atoms with Crippen molar-refractivity contribution in [2.24, 2.45) is 0 Å². The van der Waals surface area contributed by atoms with Crippen LogP contribution in [0.25, 0.3) is 10.6 Å². The van der Waals surface area contributed by atoms with Crippen LogP contribution in [0.2, 0.25) is 0 Å². The van der Waals surface area contributed by atoms with Gasteiger partial charge in [0, 0.05) is 34.0 Å². The molecule has 5 aromatic carbocycles. The van der Waals surface area contributed by atoms with E-state index in [0.29, 0.717) is 0 Å². The average Bonchev–Trinajstić information content (AvgIpc) is 3.68. The highest BCUT2D eigenvalue weighted by Crippen LogP contribution is 2.54. The highest BCUT2D eigenvalue weighted by atomic mass is 32.1. The van der Waals surface area contributed by atoms with E-state index in [1.54, 1.807) is 0 Å². The molecule has 0 spiro atoms. The Morgan fingerprint density at radius 2 is 0.924 bits per heavy atom. The minimum absolute atomic E-state index is 0.0449. The summed E-state index contributed by atoms with van der Waals surface area (Å²) >= 11 is 1.86. The van der Waals surface area contributed by atoms with Gasteiger partial charge in [-0.3, -0.25) is 0 Å². The van der Waals surface area contributed by atoms with Crippen LogP contribution in [0.4, 0.5) is 33.4 Å². The van der Waals surface area contributed by atoms with Crippen LogP contribution in [-0.2, 0) is 37.9 Å². The van der Waals surface area contributed by atoms with Crippen LogP contribution in [0.3, 0.4) is 0 Å². The Labute approximate surface area is 402 Å². The molecule has 0 atom stereocenters. The molecule has 3 heterocycles. The number of fused-ring (bicyclic) bond motifs is 6. The minimum atomic E-state index is -0.105. The van der Waals surface area contributed by atoms with Gasteiger partial charge in [0.25, 0.3) is 6.71 Å². The van der Waals surface area contributed by atoms with E-state index >= 15 is 0 Å². The van der Waals surface area contributed by atoms with Crippen molar-refractivity contribution < 1.29 is 0 Å². The third-order valence-electron chi connectivity index (χ3n) is 16.5. The molecule has 4 aliphatic rings. The Bertz CT molecular complexity index is 2920. The van der Waals surface area contributed by atoms with Crippen LogP contribution >= 0.6 is 11.3 Å². The van der Waals surface area contributed by atoms with E-state index < -0.39 is 0 Å². The molecule has 0 saturated heterocycles.